The Morgan fingerprint density at radius 1 is 1.50 bits per heavy atom. The largest absolute Gasteiger partial charge is 0.490 e. The molecule has 2 rings (SSSR count). The van der Waals surface area contributed by atoms with E-state index in [0.29, 0.717) is 24.2 Å². The number of hydrogen-bond donors (Lipinski definition) is 1. The third kappa shape index (κ3) is 2.82. The van der Waals surface area contributed by atoms with Gasteiger partial charge in [-0.05, 0) is 26.0 Å². The van der Waals surface area contributed by atoms with E-state index in [1.54, 1.807) is 13.2 Å². The highest BCUT2D eigenvalue weighted by atomic mass is 19.1. The van der Waals surface area contributed by atoms with Crippen LogP contribution < -0.4 is 4.74 Å². The van der Waals surface area contributed by atoms with Crippen LogP contribution in [0.2, 0.25) is 0 Å². The molecule has 0 spiro atoms. The number of benzene rings is 1. The Morgan fingerprint density at radius 3 is 2.89 bits per heavy atom. The molecule has 0 fully saturated rings. The van der Waals surface area contributed by atoms with E-state index in [4.69, 9.17) is 9.47 Å². The minimum absolute atomic E-state index is 0.163. The first-order valence-corrected chi connectivity index (χ1v) is 6.10. The molecule has 3 nitrogen and oxygen atoms in total. The van der Waals surface area contributed by atoms with Gasteiger partial charge in [-0.2, -0.15) is 0 Å². The Kier molecular flexibility index (Phi) is 3.59. The van der Waals surface area contributed by atoms with Crippen molar-refractivity contribution in [2.45, 2.75) is 44.5 Å². The first-order valence-electron chi connectivity index (χ1n) is 6.10. The van der Waals surface area contributed by atoms with E-state index < -0.39 is 6.10 Å². The second-order valence-electron chi connectivity index (χ2n) is 5.34. The maximum absolute atomic E-state index is 13.2. The summed E-state index contributed by atoms with van der Waals surface area (Å²) in [5, 5.41) is 10.0. The lowest BCUT2D eigenvalue weighted by Gasteiger charge is -2.34. The third-order valence-corrected chi connectivity index (χ3v) is 3.39. The van der Waals surface area contributed by atoms with Crippen LogP contribution in [0.5, 0.6) is 5.75 Å². The zero-order chi connectivity index (χ0) is 13.3. The van der Waals surface area contributed by atoms with Crippen LogP contribution in [0, 0.1) is 5.82 Å². The Labute approximate surface area is 107 Å². The van der Waals surface area contributed by atoms with Crippen molar-refractivity contribution in [3.05, 3.63) is 29.6 Å². The van der Waals surface area contributed by atoms with Crippen LogP contribution in [0.25, 0.3) is 0 Å². The molecule has 1 unspecified atom stereocenters. The second kappa shape index (κ2) is 4.86. The predicted molar refractivity (Wildman–Crippen MR) is 66.1 cm³/mol. The number of ether oxygens (including phenoxy) is 2. The van der Waals surface area contributed by atoms with Gasteiger partial charge in [-0.15, -0.1) is 0 Å². The van der Waals surface area contributed by atoms with E-state index in [1.165, 1.54) is 12.1 Å². The van der Waals surface area contributed by atoms with Crippen molar-refractivity contribution in [2.75, 3.05) is 7.11 Å². The van der Waals surface area contributed by atoms with Gasteiger partial charge in [-0.1, -0.05) is 0 Å². The zero-order valence-corrected chi connectivity index (χ0v) is 10.9. The highest BCUT2D eigenvalue weighted by molar-refractivity contribution is 5.37. The van der Waals surface area contributed by atoms with Crippen LogP contribution in [0.3, 0.4) is 0 Å². The van der Waals surface area contributed by atoms with Crippen molar-refractivity contribution in [3.8, 4) is 5.75 Å². The van der Waals surface area contributed by atoms with Gasteiger partial charge >= 0.3 is 0 Å². The molecule has 1 aromatic rings. The summed E-state index contributed by atoms with van der Waals surface area (Å²) in [4.78, 5) is 0. The van der Waals surface area contributed by atoms with Crippen LogP contribution in [0.1, 0.15) is 38.4 Å². The molecule has 100 valence electrons. The zero-order valence-electron chi connectivity index (χ0n) is 10.9. The molecule has 1 heterocycles. The lowest BCUT2D eigenvalue weighted by molar-refractivity contribution is -0.0312. The van der Waals surface area contributed by atoms with Crippen LogP contribution in [0.4, 0.5) is 4.39 Å². The summed E-state index contributed by atoms with van der Waals surface area (Å²) in [7, 11) is 1.65. The van der Waals surface area contributed by atoms with E-state index in [9.17, 15) is 9.50 Å². The summed E-state index contributed by atoms with van der Waals surface area (Å²) in [6.07, 6.45) is 0.387. The molecule has 0 aromatic heterocycles. The van der Waals surface area contributed by atoms with Crippen LogP contribution in [0.15, 0.2) is 18.2 Å². The van der Waals surface area contributed by atoms with Gasteiger partial charge in [0.05, 0.1) is 11.7 Å². The number of halogens is 1. The molecule has 1 N–H and O–H groups in total. The maximum atomic E-state index is 13.2. The lowest BCUT2D eigenvalue weighted by atomic mass is 9.92. The van der Waals surface area contributed by atoms with E-state index in [2.05, 4.69) is 0 Å². The molecule has 2 atom stereocenters. The van der Waals surface area contributed by atoms with Gasteiger partial charge < -0.3 is 14.6 Å². The first kappa shape index (κ1) is 13.3. The third-order valence-electron chi connectivity index (χ3n) is 3.39. The summed E-state index contributed by atoms with van der Waals surface area (Å²) >= 11 is 0. The van der Waals surface area contributed by atoms with Crippen molar-refractivity contribution < 1.29 is 19.0 Å². The SMILES string of the molecule is COC(C)(C)CC1C[C@@H](O)c2ccc(F)cc2O1. The number of aliphatic hydroxyl groups excluding tert-OH is 1. The molecule has 0 saturated heterocycles. The van der Waals surface area contributed by atoms with Crippen LogP contribution >= 0.6 is 0 Å². The smallest absolute Gasteiger partial charge is 0.128 e. The Balaban J connectivity index is 2.17. The fourth-order valence-electron chi connectivity index (χ4n) is 2.25. The average molecular weight is 254 g/mol. The van der Waals surface area contributed by atoms with Gasteiger partial charge in [0, 0.05) is 31.6 Å². The molecule has 1 aliphatic heterocycles. The summed E-state index contributed by atoms with van der Waals surface area (Å²) in [5.74, 6) is 0.0817. The highest BCUT2D eigenvalue weighted by Crippen LogP contribution is 2.37. The van der Waals surface area contributed by atoms with Crippen molar-refractivity contribution in [1.29, 1.82) is 0 Å². The van der Waals surface area contributed by atoms with Gasteiger partial charge in [-0.25, -0.2) is 4.39 Å². The van der Waals surface area contributed by atoms with E-state index >= 15 is 0 Å². The van der Waals surface area contributed by atoms with Crippen molar-refractivity contribution >= 4 is 0 Å². The van der Waals surface area contributed by atoms with Crippen LogP contribution in [-0.4, -0.2) is 23.9 Å². The van der Waals surface area contributed by atoms with E-state index in [0.717, 1.165) is 0 Å². The number of hydrogen-bond acceptors (Lipinski definition) is 3. The molecular formula is C14H19FO3. The topological polar surface area (TPSA) is 38.7 Å². The summed E-state index contributed by atoms with van der Waals surface area (Å²) in [5.41, 5.74) is 0.331. The van der Waals surface area contributed by atoms with Crippen molar-refractivity contribution in [2.24, 2.45) is 0 Å². The highest BCUT2D eigenvalue weighted by Gasteiger charge is 2.31. The van der Waals surface area contributed by atoms with Crippen LogP contribution in [-0.2, 0) is 4.74 Å². The summed E-state index contributed by atoms with van der Waals surface area (Å²) < 4.78 is 24.3. The Hall–Kier alpha value is -1.13. The molecule has 0 bridgehead atoms. The first-order chi connectivity index (χ1) is 8.41. The molecule has 0 saturated carbocycles. The lowest BCUT2D eigenvalue weighted by Crippen LogP contribution is -2.35. The summed E-state index contributed by atoms with van der Waals surface area (Å²) in [6.45, 7) is 3.92. The standard InChI is InChI=1S/C14H19FO3/c1-14(2,17-3)8-10-7-12(16)11-5-4-9(15)6-13(11)18-10/h4-6,10,12,16H,7-8H2,1-3H3/t10?,12-/m1/s1. The van der Waals surface area contributed by atoms with Gasteiger partial charge in [-0.3, -0.25) is 0 Å². The number of rotatable bonds is 3. The van der Waals surface area contributed by atoms with Crippen molar-refractivity contribution in [3.63, 3.8) is 0 Å². The second-order valence-corrected chi connectivity index (χ2v) is 5.34. The monoisotopic (exact) mass is 254 g/mol. The maximum Gasteiger partial charge on any atom is 0.128 e. The fourth-order valence-corrected chi connectivity index (χ4v) is 2.25. The Morgan fingerprint density at radius 2 is 2.22 bits per heavy atom. The fraction of sp³-hybridized carbons (Fsp3) is 0.571. The van der Waals surface area contributed by atoms with Gasteiger partial charge in [0.2, 0.25) is 0 Å². The van der Waals surface area contributed by atoms with Gasteiger partial charge in [0.25, 0.3) is 0 Å². The Bertz CT molecular complexity index is 431. The normalized spacial score (nSPS) is 23.4. The molecule has 0 radical (unpaired) electrons. The molecule has 0 amide bonds. The van der Waals surface area contributed by atoms with E-state index in [1.807, 2.05) is 13.8 Å². The number of aliphatic hydroxyl groups is 1. The summed E-state index contributed by atoms with van der Waals surface area (Å²) in [6, 6.07) is 4.24. The van der Waals surface area contributed by atoms with Gasteiger partial charge in [0.1, 0.15) is 17.7 Å². The molecule has 18 heavy (non-hydrogen) atoms. The molecule has 1 aromatic carbocycles. The quantitative estimate of drug-likeness (QED) is 0.901. The van der Waals surface area contributed by atoms with Crippen molar-refractivity contribution in [1.82, 2.24) is 0 Å². The number of methoxy groups -OCH3 is 1. The van der Waals surface area contributed by atoms with E-state index in [-0.39, 0.29) is 17.5 Å². The molecule has 4 heteroatoms. The molecule has 1 aliphatic rings. The molecular weight excluding hydrogens is 235 g/mol. The number of fused-ring (bicyclic) bond motifs is 1. The molecule has 0 aliphatic carbocycles. The van der Waals surface area contributed by atoms with Gasteiger partial charge in [0.15, 0.2) is 0 Å². The minimum atomic E-state index is -0.605. The predicted octanol–water partition coefficient (Wildman–Crippen LogP) is 2.83. The average Bonchev–Trinajstić information content (AvgIpc) is 2.27. The minimum Gasteiger partial charge on any atom is -0.490 e.